The van der Waals surface area contributed by atoms with Crippen LogP contribution in [-0.2, 0) is 13.1 Å². The summed E-state index contributed by atoms with van der Waals surface area (Å²) < 4.78 is 5.45. The molecule has 1 fully saturated rings. The minimum absolute atomic E-state index is 0.578. The van der Waals surface area contributed by atoms with Gasteiger partial charge in [-0.15, -0.1) is 0 Å². The molecule has 0 spiro atoms. The van der Waals surface area contributed by atoms with E-state index in [1.807, 2.05) is 12.1 Å². The predicted molar refractivity (Wildman–Crippen MR) is 82.9 cm³/mol. The zero-order chi connectivity index (χ0) is 14.4. The smallest absolute Gasteiger partial charge is 0.123 e. The molecule has 0 bridgehead atoms. The van der Waals surface area contributed by atoms with Crippen molar-refractivity contribution in [3.63, 3.8) is 0 Å². The summed E-state index contributed by atoms with van der Waals surface area (Å²) in [5, 5.41) is 0. The fraction of sp³-hybridized carbons (Fsp3) is 0.625. The molecule has 1 aromatic rings. The van der Waals surface area contributed by atoms with Crippen molar-refractivity contribution in [3.05, 3.63) is 29.3 Å². The number of nitrogens with two attached hydrogens (primary N) is 1. The molecule has 0 saturated carbocycles. The van der Waals surface area contributed by atoms with Crippen LogP contribution in [-0.4, -0.2) is 50.1 Å². The third-order valence-electron chi connectivity index (χ3n) is 4.02. The number of likely N-dealkylation sites (N-methyl/N-ethyl adjacent to an activating group) is 1. The van der Waals surface area contributed by atoms with Gasteiger partial charge in [-0.1, -0.05) is 6.07 Å². The summed E-state index contributed by atoms with van der Waals surface area (Å²) in [6, 6.07) is 6.21. The van der Waals surface area contributed by atoms with Crippen molar-refractivity contribution in [2.24, 2.45) is 5.73 Å². The van der Waals surface area contributed by atoms with Crippen molar-refractivity contribution < 1.29 is 4.74 Å². The average molecular weight is 277 g/mol. The van der Waals surface area contributed by atoms with E-state index in [1.165, 1.54) is 31.5 Å². The average Bonchev–Trinajstić information content (AvgIpc) is 2.98. The molecular formula is C16H27N3O. The van der Waals surface area contributed by atoms with E-state index in [1.54, 1.807) is 7.11 Å². The zero-order valence-corrected chi connectivity index (χ0v) is 12.8. The summed E-state index contributed by atoms with van der Waals surface area (Å²) in [5.41, 5.74) is 8.10. The Hall–Kier alpha value is -1.10. The number of hydrogen-bond acceptors (Lipinski definition) is 4. The first kappa shape index (κ1) is 15.3. The molecule has 112 valence electrons. The van der Waals surface area contributed by atoms with Crippen LogP contribution in [0, 0.1) is 0 Å². The molecule has 4 nitrogen and oxygen atoms in total. The topological polar surface area (TPSA) is 41.7 Å². The van der Waals surface area contributed by atoms with Gasteiger partial charge in [0.15, 0.2) is 0 Å². The maximum atomic E-state index is 5.72. The van der Waals surface area contributed by atoms with Crippen LogP contribution in [0.1, 0.15) is 24.0 Å². The van der Waals surface area contributed by atoms with E-state index in [4.69, 9.17) is 10.5 Å². The van der Waals surface area contributed by atoms with Gasteiger partial charge < -0.3 is 20.3 Å². The fourth-order valence-corrected chi connectivity index (χ4v) is 2.77. The molecule has 1 aromatic carbocycles. The van der Waals surface area contributed by atoms with Crippen molar-refractivity contribution in [2.75, 3.05) is 40.3 Å². The number of benzene rings is 1. The second-order valence-electron chi connectivity index (χ2n) is 5.64. The molecule has 2 rings (SSSR count). The Labute approximate surface area is 122 Å². The first-order valence-corrected chi connectivity index (χ1v) is 7.49. The second kappa shape index (κ2) is 7.62. The van der Waals surface area contributed by atoms with Gasteiger partial charge in [-0.25, -0.2) is 0 Å². The SMILES string of the molecule is COc1ccc(CN)cc1CN(C)CCN1CCCC1. The molecular weight excluding hydrogens is 250 g/mol. The molecule has 1 aliphatic rings. The van der Waals surface area contributed by atoms with Gasteiger partial charge in [-0.3, -0.25) is 0 Å². The number of likely N-dealkylation sites (tertiary alicyclic amines) is 1. The molecule has 20 heavy (non-hydrogen) atoms. The van der Waals surface area contributed by atoms with Crippen LogP contribution in [0.25, 0.3) is 0 Å². The van der Waals surface area contributed by atoms with Crippen LogP contribution in [0.5, 0.6) is 5.75 Å². The summed E-state index contributed by atoms with van der Waals surface area (Å²) >= 11 is 0. The van der Waals surface area contributed by atoms with E-state index in [9.17, 15) is 0 Å². The predicted octanol–water partition coefficient (Wildman–Crippen LogP) is 1.68. The Morgan fingerprint density at radius 2 is 2.05 bits per heavy atom. The van der Waals surface area contributed by atoms with Crippen molar-refractivity contribution >= 4 is 0 Å². The zero-order valence-electron chi connectivity index (χ0n) is 12.8. The quantitative estimate of drug-likeness (QED) is 0.823. The molecule has 2 N–H and O–H groups in total. The lowest BCUT2D eigenvalue weighted by atomic mass is 10.1. The largest absolute Gasteiger partial charge is 0.496 e. The number of hydrogen-bond donors (Lipinski definition) is 1. The van der Waals surface area contributed by atoms with Gasteiger partial charge in [0.05, 0.1) is 7.11 Å². The van der Waals surface area contributed by atoms with Gasteiger partial charge >= 0.3 is 0 Å². The van der Waals surface area contributed by atoms with E-state index in [-0.39, 0.29) is 0 Å². The molecule has 0 aliphatic carbocycles. The standard InChI is InChI=1S/C16H27N3O/c1-18(9-10-19-7-3-4-8-19)13-15-11-14(12-17)5-6-16(15)20-2/h5-6,11H,3-4,7-10,12-13,17H2,1-2H3. The Bertz CT molecular complexity index is 416. The molecule has 1 aliphatic heterocycles. The van der Waals surface area contributed by atoms with Gasteiger partial charge in [0.1, 0.15) is 5.75 Å². The third-order valence-corrected chi connectivity index (χ3v) is 4.02. The van der Waals surface area contributed by atoms with Crippen molar-refractivity contribution in [3.8, 4) is 5.75 Å². The highest BCUT2D eigenvalue weighted by molar-refractivity contribution is 5.37. The summed E-state index contributed by atoms with van der Waals surface area (Å²) in [6.45, 7) is 6.27. The van der Waals surface area contributed by atoms with E-state index in [0.29, 0.717) is 6.54 Å². The lowest BCUT2D eigenvalue weighted by molar-refractivity contribution is 0.250. The molecule has 0 aromatic heterocycles. The first-order chi connectivity index (χ1) is 9.72. The van der Waals surface area contributed by atoms with Crippen molar-refractivity contribution in [1.82, 2.24) is 9.80 Å². The number of nitrogens with zero attached hydrogens (tertiary/aromatic N) is 2. The van der Waals surface area contributed by atoms with E-state index >= 15 is 0 Å². The van der Waals surface area contributed by atoms with Gasteiger partial charge in [-0.2, -0.15) is 0 Å². The maximum absolute atomic E-state index is 5.72. The monoisotopic (exact) mass is 277 g/mol. The molecule has 1 heterocycles. The Morgan fingerprint density at radius 3 is 2.70 bits per heavy atom. The van der Waals surface area contributed by atoms with E-state index in [0.717, 1.165) is 30.9 Å². The summed E-state index contributed by atoms with van der Waals surface area (Å²) in [7, 11) is 3.90. The Kier molecular flexibility index (Phi) is 5.83. The highest BCUT2D eigenvalue weighted by Crippen LogP contribution is 2.21. The summed E-state index contributed by atoms with van der Waals surface area (Å²) in [6.07, 6.45) is 2.71. The fourth-order valence-electron chi connectivity index (χ4n) is 2.77. The van der Waals surface area contributed by atoms with Crippen molar-refractivity contribution in [2.45, 2.75) is 25.9 Å². The van der Waals surface area contributed by atoms with Gasteiger partial charge in [0, 0.05) is 31.7 Å². The van der Waals surface area contributed by atoms with Crippen molar-refractivity contribution in [1.29, 1.82) is 0 Å². The lowest BCUT2D eigenvalue weighted by Crippen LogP contribution is -2.31. The highest BCUT2D eigenvalue weighted by Gasteiger charge is 2.13. The normalized spacial score (nSPS) is 16.0. The first-order valence-electron chi connectivity index (χ1n) is 7.49. The molecule has 0 atom stereocenters. The molecule has 1 saturated heterocycles. The van der Waals surface area contributed by atoms with Crippen LogP contribution in [0.3, 0.4) is 0 Å². The van der Waals surface area contributed by atoms with Gasteiger partial charge in [0.25, 0.3) is 0 Å². The van der Waals surface area contributed by atoms with Crippen LogP contribution >= 0.6 is 0 Å². The Morgan fingerprint density at radius 1 is 1.30 bits per heavy atom. The molecule has 0 radical (unpaired) electrons. The van der Waals surface area contributed by atoms with E-state index in [2.05, 4.69) is 22.9 Å². The van der Waals surface area contributed by atoms with Crippen LogP contribution in [0.15, 0.2) is 18.2 Å². The third kappa shape index (κ3) is 4.20. The molecule has 0 unspecified atom stereocenters. The second-order valence-corrected chi connectivity index (χ2v) is 5.64. The summed E-state index contributed by atoms with van der Waals surface area (Å²) in [5.74, 6) is 0.954. The minimum atomic E-state index is 0.578. The maximum Gasteiger partial charge on any atom is 0.123 e. The number of rotatable bonds is 7. The highest BCUT2D eigenvalue weighted by atomic mass is 16.5. The minimum Gasteiger partial charge on any atom is -0.496 e. The molecule has 0 amide bonds. The van der Waals surface area contributed by atoms with Crippen LogP contribution < -0.4 is 10.5 Å². The molecule has 4 heteroatoms. The van der Waals surface area contributed by atoms with Gasteiger partial charge in [0.2, 0.25) is 0 Å². The number of methoxy groups -OCH3 is 1. The lowest BCUT2D eigenvalue weighted by Gasteiger charge is -2.22. The number of ether oxygens (including phenoxy) is 1. The Balaban J connectivity index is 1.90. The van der Waals surface area contributed by atoms with Gasteiger partial charge in [-0.05, 0) is 50.7 Å². The van der Waals surface area contributed by atoms with Crippen LogP contribution in [0.2, 0.25) is 0 Å². The van der Waals surface area contributed by atoms with Crippen LogP contribution in [0.4, 0.5) is 0 Å². The summed E-state index contributed by atoms with van der Waals surface area (Å²) in [4.78, 5) is 4.90. The van der Waals surface area contributed by atoms with E-state index < -0.39 is 0 Å².